The first-order valence-corrected chi connectivity index (χ1v) is 9.90. The van der Waals surface area contributed by atoms with E-state index in [1.165, 1.54) is 26.4 Å². The molecule has 1 aromatic carbocycles. The molecule has 3 aromatic rings. The van der Waals surface area contributed by atoms with Gasteiger partial charge in [-0.25, -0.2) is 9.50 Å². The molecule has 3 heterocycles. The van der Waals surface area contributed by atoms with Gasteiger partial charge in [0.2, 0.25) is 0 Å². The lowest BCUT2D eigenvalue weighted by atomic mass is 10.1. The second kappa shape index (κ2) is 8.65. The van der Waals surface area contributed by atoms with E-state index in [4.69, 9.17) is 14.2 Å². The van der Waals surface area contributed by atoms with E-state index in [-0.39, 0.29) is 29.7 Å². The van der Waals surface area contributed by atoms with E-state index in [2.05, 4.69) is 15.4 Å². The largest absolute Gasteiger partial charge is 0.493 e. The van der Waals surface area contributed by atoms with Crippen molar-refractivity contribution >= 4 is 11.6 Å². The number of fused-ring (bicyclic) bond motifs is 1. The van der Waals surface area contributed by atoms with Crippen LogP contribution in [0.1, 0.15) is 29.0 Å². The molecule has 0 aliphatic carbocycles. The fourth-order valence-electron chi connectivity index (χ4n) is 3.53. The fourth-order valence-corrected chi connectivity index (χ4v) is 3.53. The third-order valence-corrected chi connectivity index (χ3v) is 5.14. The molecule has 170 valence electrons. The Hall–Kier alpha value is -3.34. The van der Waals surface area contributed by atoms with Crippen LogP contribution in [0.15, 0.2) is 30.3 Å². The number of methoxy groups -OCH3 is 2. The Labute approximate surface area is 181 Å². The van der Waals surface area contributed by atoms with Gasteiger partial charge in [0.25, 0.3) is 5.91 Å². The number of aromatic nitrogens is 3. The lowest BCUT2D eigenvalue weighted by molar-refractivity contribution is -0.142. The minimum Gasteiger partial charge on any atom is -0.493 e. The number of ether oxygens (including phenoxy) is 3. The SMILES string of the molecule is COc1ccc(-c2cc(C(F)(F)F)n3nc(C(=O)NC[C@H]4CCCO4)cc3n2)cc1OC. The van der Waals surface area contributed by atoms with Crippen molar-refractivity contribution < 1.29 is 32.2 Å². The zero-order valence-corrected chi connectivity index (χ0v) is 17.4. The predicted octanol–water partition coefficient (Wildman–Crippen LogP) is 3.34. The Bertz CT molecular complexity index is 1140. The number of halogens is 3. The lowest BCUT2D eigenvalue weighted by Crippen LogP contribution is -2.32. The summed E-state index contributed by atoms with van der Waals surface area (Å²) >= 11 is 0. The minimum absolute atomic E-state index is 0.0528. The smallest absolute Gasteiger partial charge is 0.433 e. The van der Waals surface area contributed by atoms with Crippen LogP contribution in [-0.2, 0) is 10.9 Å². The first-order valence-electron chi connectivity index (χ1n) is 9.90. The molecule has 2 aromatic heterocycles. The zero-order chi connectivity index (χ0) is 22.9. The van der Waals surface area contributed by atoms with E-state index in [1.54, 1.807) is 12.1 Å². The third-order valence-electron chi connectivity index (χ3n) is 5.14. The molecule has 1 N–H and O–H groups in total. The highest BCUT2D eigenvalue weighted by atomic mass is 19.4. The van der Waals surface area contributed by atoms with Crippen LogP contribution in [0.4, 0.5) is 13.2 Å². The Kier molecular flexibility index (Phi) is 5.92. The molecule has 1 atom stereocenters. The summed E-state index contributed by atoms with van der Waals surface area (Å²) < 4.78 is 57.8. The molecule has 32 heavy (non-hydrogen) atoms. The van der Waals surface area contributed by atoms with Crippen molar-refractivity contribution in [3.63, 3.8) is 0 Å². The molecule has 1 fully saturated rings. The van der Waals surface area contributed by atoms with Crippen molar-refractivity contribution in [1.82, 2.24) is 19.9 Å². The minimum atomic E-state index is -4.72. The van der Waals surface area contributed by atoms with Gasteiger partial charge in [0.15, 0.2) is 28.5 Å². The van der Waals surface area contributed by atoms with Crippen molar-refractivity contribution in [1.29, 1.82) is 0 Å². The maximum atomic E-state index is 13.8. The Morgan fingerprint density at radius 2 is 2.00 bits per heavy atom. The highest BCUT2D eigenvalue weighted by Gasteiger charge is 2.36. The van der Waals surface area contributed by atoms with Crippen molar-refractivity contribution in [3.05, 3.63) is 41.7 Å². The maximum Gasteiger partial charge on any atom is 0.433 e. The Morgan fingerprint density at radius 3 is 2.66 bits per heavy atom. The molecule has 1 amide bonds. The average Bonchev–Trinajstić information content (AvgIpc) is 3.45. The highest BCUT2D eigenvalue weighted by molar-refractivity contribution is 5.93. The van der Waals surface area contributed by atoms with Crippen LogP contribution in [0.2, 0.25) is 0 Å². The summed E-state index contributed by atoms with van der Waals surface area (Å²) in [5.41, 5.74) is -0.874. The molecule has 0 saturated carbocycles. The van der Waals surface area contributed by atoms with Gasteiger partial charge < -0.3 is 19.5 Å². The first-order chi connectivity index (χ1) is 15.3. The summed E-state index contributed by atoms with van der Waals surface area (Å²) in [5.74, 6) is 0.192. The van der Waals surface area contributed by atoms with Crippen LogP contribution in [0, 0.1) is 0 Å². The number of nitrogens with one attached hydrogen (secondary N) is 1. The molecule has 0 unspecified atom stereocenters. The van der Waals surface area contributed by atoms with Gasteiger partial charge in [-0.15, -0.1) is 0 Å². The fraction of sp³-hybridized carbons (Fsp3) is 0.381. The summed E-state index contributed by atoms with van der Waals surface area (Å²) in [6.45, 7) is 0.899. The van der Waals surface area contributed by atoms with Crippen LogP contribution >= 0.6 is 0 Å². The van der Waals surface area contributed by atoms with Gasteiger partial charge in [-0.3, -0.25) is 4.79 Å². The van der Waals surface area contributed by atoms with E-state index in [0.29, 0.717) is 28.2 Å². The van der Waals surface area contributed by atoms with E-state index in [0.717, 1.165) is 18.9 Å². The summed E-state index contributed by atoms with van der Waals surface area (Å²) in [6, 6.07) is 6.79. The number of alkyl halides is 3. The second-order valence-electron chi connectivity index (χ2n) is 7.24. The summed E-state index contributed by atoms with van der Waals surface area (Å²) in [4.78, 5) is 16.7. The molecule has 0 bridgehead atoms. The molecule has 0 spiro atoms. The molecule has 8 nitrogen and oxygen atoms in total. The Balaban J connectivity index is 1.72. The molecule has 0 radical (unpaired) electrons. The van der Waals surface area contributed by atoms with Crippen LogP contribution in [0.5, 0.6) is 11.5 Å². The van der Waals surface area contributed by atoms with Crippen LogP contribution < -0.4 is 14.8 Å². The van der Waals surface area contributed by atoms with E-state index in [9.17, 15) is 18.0 Å². The quantitative estimate of drug-likeness (QED) is 0.620. The number of hydrogen-bond acceptors (Lipinski definition) is 6. The van der Waals surface area contributed by atoms with Gasteiger partial charge in [-0.1, -0.05) is 0 Å². The van der Waals surface area contributed by atoms with Gasteiger partial charge >= 0.3 is 6.18 Å². The molecule has 1 aliphatic heterocycles. The number of rotatable bonds is 6. The van der Waals surface area contributed by atoms with E-state index >= 15 is 0 Å². The number of carbonyl (C=O) groups is 1. The van der Waals surface area contributed by atoms with Crippen LogP contribution in [0.3, 0.4) is 0 Å². The molecular formula is C21H21F3N4O4. The predicted molar refractivity (Wildman–Crippen MR) is 108 cm³/mol. The topological polar surface area (TPSA) is 87.0 Å². The van der Waals surface area contributed by atoms with Gasteiger partial charge in [0.05, 0.1) is 26.0 Å². The van der Waals surface area contributed by atoms with Gasteiger partial charge in [-0.05, 0) is 37.1 Å². The molecule has 4 rings (SSSR count). The average molecular weight is 450 g/mol. The normalized spacial score (nSPS) is 16.3. The summed E-state index contributed by atoms with van der Waals surface area (Å²) in [7, 11) is 2.89. The Morgan fingerprint density at radius 1 is 1.22 bits per heavy atom. The first kappa shape index (κ1) is 21.9. The van der Waals surface area contributed by atoms with Crippen molar-refractivity contribution in [2.24, 2.45) is 0 Å². The number of benzene rings is 1. The molecular weight excluding hydrogens is 429 g/mol. The van der Waals surface area contributed by atoms with Gasteiger partial charge in [0.1, 0.15) is 0 Å². The van der Waals surface area contributed by atoms with Gasteiger partial charge in [-0.2, -0.15) is 18.3 Å². The summed E-state index contributed by atoms with van der Waals surface area (Å²) in [5, 5.41) is 6.51. The number of amides is 1. The molecule has 1 aliphatic rings. The third kappa shape index (κ3) is 4.33. The number of nitrogens with zero attached hydrogens (tertiary/aromatic N) is 3. The van der Waals surface area contributed by atoms with E-state index < -0.39 is 17.8 Å². The van der Waals surface area contributed by atoms with Crippen molar-refractivity contribution in [2.45, 2.75) is 25.1 Å². The van der Waals surface area contributed by atoms with Crippen LogP contribution in [-0.4, -0.2) is 54.0 Å². The summed E-state index contributed by atoms with van der Waals surface area (Å²) in [6.07, 6.45) is -3.09. The second-order valence-corrected chi connectivity index (χ2v) is 7.24. The highest BCUT2D eigenvalue weighted by Crippen LogP contribution is 2.35. The molecule has 11 heteroatoms. The molecule has 1 saturated heterocycles. The number of hydrogen-bond donors (Lipinski definition) is 1. The van der Waals surface area contributed by atoms with Crippen molar-refractivity contribution in [2.75, 3.05) is 27.4 Å². The standard InChI is InChI=1S/C21H21F3N4O4/c1-30-16-6-5-12(8-17(16)31-2)14-9-18(21(22,23)24)28-19(26-14)10-15(27-28)20(29)25-11-13-4-3-7-32-13/h5-6,8-10,13H,3-4,7,11H2,1-2H3,(H,25,29)/t13-/m1/s1. The monoisotopic (exact) mass is 450 g/mol. The van der Waals surface area contributed by atoms with Gasteiger partial charge in [0, 0.05) is 24.8 Å². The maximum absolute atomic E-state index is 13.8. The number of carbonyl (C=O) groups excluding carboxylic acids is 1. The van der Waals surface area contributed by atoms with Crippen LogP contribution in [0.25, 0.3) is 16.9 Å². The van der Waals surface area contributed by atoms with Crippen molar-refractivity contribution in [3.8, 4) is 22.8 Å². The zero-order valence-electron chi connectivity index (χ0n) is 17.4. The lowest BCUT2D eigenvalue weighted by Gasteiger charge is -2.12. The van der Waals surface area contributed by atoms with E-state index in [1.807, 2.05) is 0 Å².